The van der Waals surface area contributed by atoms with Gasteiger partial charge in [-0.1, -0.05) is 0 Å². The third-order valence-electron chi connectivity index (χ3n) is 4.94. The molecule has 3 heterocycles. The highest BCUT2D eigenvalue weighted by molar-refractivity contribution is 5.28. The number of likely N-dealkylation sites (tertiary alicyclic amines) is 1. The molecule has 1 aromatic rings. The molecule has 5 heteroatoms. The lowest BCUT2D eigenvalue weighted by Gasteiger charge is -2.42. The summed E-state index contributed by atoms with van der Waals surface area (Å²) in [7, 11) is 2.21. The van der Waals surface area contributed by atoms with Crippen LogP contribution in [0.15, 0.2) is 18.5 Å². The zero-order valence-electron chi connectivity index (χ0n) is 13.4. The monoisotopic (exact) mass is 299 g/mol. The van der Waals surface area contributed by atoms with Crippen molar-refractivity contribution in [1.29, 1.82) is 5.26 Å². The lowest BCUT2D eigenvalue weighted by atomic mass is 10.0. The van der Waals surface area contributed by atoms with Gasteiger partial charge in [-0.25, -0.2) is 0 Å². The van der Waals surface area contributed by atoms with Crippen LogP contribution in [-0.4, -0.2) is 72.0 Å². The highest BCUT2D eigenvalue weighted by atomic mass is 15.3. The van der Waals surface area contributed by atoms with Crippen LogP contribution >= 0.6 is 0 Å². The summed E-state index contributed by atoms with van der Waals surface area (Å²) in [5.41, 5.74) is 1.81. The van der Waals surface area contributed by atoms with Gasteiger partial charge in [0.05, 0.1) is 5.56 Å². The Labute approximate surface area is 133 Å². The zero-order chi connectivity index (χ0) is 15.4. The standard InChI is InChI=1S/C17H25N5/c1-20-6-8-22(9-7-20)17-2-4-21(5-3-17)14-16-10-15(11-18)12-19-13-16/h10,12-13,17H,2-9,14H2,1H3. The van der Waals surface area contributed by atoms with Gasteiger partial charge in [0.1, 0.15) is 6.07 Å². The largest absolute Gasteiger partial charge is 0.304 e. The number of nitrogens with zero attached hydrogens (tertiary/aromatic N) is 5. The number of hydrogen-bond acceptors (Lipinski definition) is 5. The molecule has 2 aliphatic rings. The molecule has 0 N–H and O–H groups in total. The quantitative estimate of drug-likeness (QED) is 0.838. The van der Waals surface area contributed by atoms with E-state index in [2.05, 4.69) is 32.8 Å². The summed E-state index contributed by atoms with van der Waals surface area (Å²) < 4.78 is 0. The number of hydrogen-bond donors (Lipinski definition) is 0. The molecule has 5 nitrogen and oxygen atoms in total. The van der Waals surface area contributed by atoms with Gasteiger partial charge in [0, 0.05) is 51.2 Å². The zero-order valence-corrected chi connectivity index (χ0v) is 13.4. The van der Waals surface area contributed by atoms with Gasteiger partial charge in [0.25, 0.3) is 0 Å². The summed E-state index contributed by atoms with van der Waals surface area (Å²) in [6.07, 6.45) is 6.03. The highest BCUT2D eigenvalue weighted by Crippen LogP contribution is 2.19. The predicted molar refractivity (Wildman–Crippen MR) is 86.3 cm³/mol. The van der Waals surface area contributed by atoms with Gasteiger partial charge in [-0.3, -0.25) is 14.8 Å². The van der Waals surface area contributed by atoms with Crippen LogP contribution in [0, 0.1) is 11.3 Å². The Morgan fingerprint density at radius 2 is 1.86 bits per heavy atom. The Hall–Kier alpha value is -1.48. The van der Waals surface area contributed by atoms with E-state index in [1.807, 2.05) is 12.3 Å². The Morgan fingerprint density at radius 1 is 1.14 bits per heavy atom. The van der Waals surface area contributed by atoms with Gasteiger partial charge in [0.2, 0.25) is 0 Å². The van der Waals surface area contributed by atoms with Crippen molar-refractivity contribution < 1.29 is 0 Å². The molecular weight excluding hydrogens is 274 g/mol. The maximum Gasteiger partial charge on any atom is 0.101 e. The molecule has 0 aromatic carbocycles. The first-order chi connectivity index (χ1) is 10.7. The molecular formula is C17H25N5. The Balaban J connectivity index is 1.48. The summed E-state index contributed by atoms with van der Waals surface area (Å²) in [5.74, 6) is 0. The van der Waals surface area contributed by atoms with Crippen LogP contribution < -0.4 is 0 Å². The third kappa shape index (κ3) is 3.83. The average Bonchev–Trinajstić information content (AvgIpc) is 2.57. The predicted octanol–water partition coefficient (Wildman–Crippen LogP) is 1.17. The maximum atomic E-state index is 8.95. The van der Waals surface area contributed by atoms with Crippen LogP contribution in [-0.2, 0) is 6.54 Å². The fourth-order valence-electron chi connectivity index (χ4n) is 3.52. The van der Waals surface area contributed by atoms with Gasteiger partial charge in [0.15, 0.2) is 0 Å². The van der Waals surface area contributed by atoms with E-state index in [0.29, 0.717) is 5.56 Å². The second-order valence-electron chi connectivity index (χ2n) is 6.54. The van der Waals surface area contributed by atoms with Crippen molar-refractivity contribution in [2.24, 2.45) is 0 Å². The fraction of sp³-hybridized carbons (Fsp3) is 0.647. The molecule has 0 atom stereocenters. The number of aromatic nitrogens is 1. The second kappa shape index (κ2) is 7.19. The first kappa shape index (κ1) is 15.4. The van der Waals surface area contributed by atoms with Crippen molar-refractivity contribution in [3.05, 3.63) is 29.6 Å². The Kier molecular flexibility index (Phi) is 5.04. The highest BCUT2D eigenvalue weighted by Gasteiger charge is 2.26. The van der Waals surface area contributed by atoms with Crippen molar-refractivity contribution in [3.8, 4) is 6.07 Å². The van der Waals surface area contributed by atoms with E-state index in [-0.39, 0.29) is 0 Å². The molecule has 0 saturated carbocycles. The van der Waals surface area contributed by atoms with E-state index < -0.39 is 0 Å². The number of nitriles is 1. The van der Waals surface area contributed by atoms with Crippen LogP contribution in [0.3, 0.4) is 0 Å². The van der Waals surface area contributed by atoms with Gasteiger partial charge >= 0.3 is 0 Å². The van der Waals surface area contributed by atoms with E-state index in [1.165, 1.54) is 39.0 Å². The third-order valence-corrected chi connectivity index (χ3v) is 4.94. The van der Waals surface area contributed by atoms with Gasteiger partial charge in [-0.05, 0) is 44.6 Å². The molecule has 0 radical (unpaired) electrons. The normalized spacial score (nSPS) is 22.5. The van der Waals surface area contributed by atoms with Gasteiger partial charge in [-0.2, -0.15) is 5.26 Å². The average molecular weight is 299 g/mol. The van der Waals surface area contributed by atoms with Crippen LogP contribution in [0.5, 0.6) is 0 Å². The molecule has 0 spiro atoms. The lowest BCUT2D eigenvalue weighted by Crippen LogP contribution is -2.52. The Bertz CT molecular complexity index is 522. The maximum absolute atomic E-state index is 8.95. The molecule has 2 aliphatic heterocycles. The van der Waals surface area contributed by atoms with Crippen molar-refractivity contribution in [3.63, 3.8) is 0 Å². The summed E-state index contributed by atoms with van der Waals surface area (Å²) in [6, 6.07) is 4.88. The molecule has 0 bridgehead atoms. The molecule has 2 fully saturated rings. The second-order valence-corrected chi connectivity index (χ2v) is 6.54. The van der Waals surface area contributed by atoms with E-state index >= 15 is 0 Å². The van der Waals surface area contributed by atoms with Crippen molar-refractivity contribution >= 4 is 0 Å². The molecule has 0 amide bonds. The lowest BCUT2D eigenvalue weighted by molar-refractivity contribution is 0.0657. The number of pyridine rings is 1. The van der Waals surface area contributed by atoms with Crippen LogP contribution in [0.25, 0.3) is 0 Å². The minimum Gasteiger partial charge on any atom is -0.304 e. The summed E-state index contributed by atoms with van der Waals surface area (Å²) in [5, 5.41) is 8.95. The summed E-state index contributed by atoms with van der Waals surface area (Å²) >= 11 is 0. The van der Waals surface area contributed by atoms with Crippen molar-refractivity contribution in [2.75, 3.05) is 46.3 Å². The van der Waals surface area contributed by atoms with Crippen LogP contribution in [0.1, 0.15) is 24.0 Å². The van der Waals surface area contributed by atoms with E-state index in [4.69, 9.17) is 5.26 Å². The van der Waals surface area contributed by atoms with Crippen LogP contribution in [0.2, 0.25) is 0 Å². The van der Waals surface area contributed by atoms with Gasteiger partial charge < -0.3 is 4.90 Å². The van der Waals surface area contributed by atoms with Crippen molar-refractivity contribution in [2.45, 2.75) is 25.4 Å². The van der Waals surface area contributed by atoms with Crippen LogP contribution in [0.4, 0.5) is 0 Å². The van der Waals surface area contributed by atoms with Gasteiger partial charge in [-0.15, -0.1) is 0 Å². The number of piperazine rings is 1. The number of piperidine rings is 1. The van der Waals surface area contributed by atoms with E-state index in [9.17, 15) is 0 Å². The number of rotatable bonds is 3. The molecule has 1 aromatic heterocycles. The minimum absolute atomic E-state index is 0.657. The molecule has 3 rings (SSSR count). The first-order valence-electron chi connectivity index (χ1n) is 8.23. The minimum atomic E-state index is 0.657. The SMILES string of the molecule is CN1CCN(C2CCN(Cc3cncc(C#N)c3)CC2)CC1. The number of likely N-dealkylation sites (N-methyl/N-ethyl adjacent to an activating group) is 1. The summed E-state index contributed by atoms with van der Waals surface area (Å²) in [4.78, 5) is 11.7. The first-order valence-corrected chi connectivity index (χ1v) is 8.23. The molecule has 118 valence electrons. The molecule has 0 unspecified atom stereocenters. The topological polar surface area (TPSA) is 46.4 Å². The molecule has 0 aliphatic carbocycles. The van der Waals surface area contributed by atoms with Crippen molar-refractivity contribution in [1.82, 2.24) is 19.7 Å². The molecule has 2 saturated heterocycles. The Morgan fingerprint density at radius 3 is 2.55 bits per heavy atom. The van der Waals surface area contributed by atoms with E-state index in [1.54, 1.807) is 6.20 Å². The summed E-state index contributed by atoms with van der Waals surface area (Å²) in [6.45, 7) is 8.05. The van der Waals surface area contributed by atoms with E-state index in [0.717, 1.165) is 31.2 Å². The molecule has 22 heavy (non-hydrogen) atoms. The smallest absolute Gasteiger partial charge is 0.101 e. The fourth-order valence-corrected chi connectivity index (χ4v) is 3.52.